The number of carbonyl (C=O) groups excluding carboxylic acids is 2. The summed E-state index contributed by atoms with van der Waals surface area (Å²) in [5, 5.41) is 0. The number of hydrogen-bond acceptors (Lipinski definition) is 8. The molecule has 5 rings (SSSR count). The topological polar surface area (TPSA) is 135 Å². The van der Waals surface area contributed by atoms with Gasteiger partial charge in [-0.25, -0.2) is 19.6 Å². The molecular formula is C26H24N6O5. The number of esters is 1. The third kappa shape index (κ3) is 4.66. The van der Waals surface area contributed by atoms with Crippen molar-refractivity contribution in [3.05, 3.63) is 83.6 Å². The number of amides is 1. The largest absolute Gasteiger partial charge is 0.463 e. The van der Waals surface area contributed by atoms with Crippen LogP contribution < -0.4 is 16.2 Å². The molecule has 0 aliphatic carbocycles. The summed E-state index contributed by atoms with van der Waals surface area (Å²) in [5.74, 6) is 0.543. The van der Waals surface area contributed by atoms with E-state index in [9.17, 15) is 14.4 Å². The number of rotatable bonds is 7. The van der Waals surface area contributed by atoms with Crippen molar-refractivity contribution in [1.82, 2.24) is 24.0 Å². The Morgan fingerprint density at radius 2 is 1.73 bits per heavy atom. The smallest absolute Gasteiger partial charge is 0.335 e. The number of hydrogen-bond donors (Lipinski definition) is 1. The lowest BCUT2D eigenvalue weighted by atomic mass is 10.1. The van der Waals surface area contributed by atoms with E-state index in [1.165, 1.54) is 26.4 Å². The van der Waals surface area contributed by atoms with E-state index in [0.29, 0.717) is 28.4 Å². The number of benzene rings is 2. The van der Waals surface area contributed by atoms with Crippen molar-refractivity contribution in [3.8, 4) is 17.2 Å². The molecule has 11 nitrogen and oxygen atoms in total. The predicted octanol–water partition coefficient (Wildman–Crippen LogP) is 2.46. The van der Waals surface area contributed by atoms with Crippen LogP contribution in [0.2, 0.25) is 0 Å². The average molecular weight is 501 g/mol. The first-order chi connectivity index (χ1) is 18.0. The third-order valence-corrected chi connectivity index (χ3v) is 5.94. The summed E-state index contributed by atoms with van der Waals surface area (Å²) < 4.78 is 13.6. The van der Waals surface area contributed by atoms with E-state index in [1.807, 2.05) is 30.3 Å². The molecule has 0 unspecified atom stereocenters. The van der Waals surface area contributed by atoms with Gasteiger partial charge in [0.1, 0.15) is 23.3 Å². The molecule has 0 spiro atoms. The summed E-state index contributed by atoms with van der Waals surface area (Å²) in [4.78, 5) is 47.4. The average Bonchev–Trinajstić information content (AvgIpc) is 3.16. The summed E-state index contributed by atoms with van der Waals surface area (Å²) in [5.41, 5.74) is 7.15. The molecule has 1 amide bonds. The first-order valence-electron chi connectivity index (χ1n) is 11.7. The minimum Gasteiger partial charge on any atom is -0.463 e. The number of nitrogens with zero attached hydrogens (tertiary/aromatic N) is 5. The SMILES string of the molecule is CCOC(=O)C=CC(=O)N1CC(n2c(=O)n(-c3ccc(Oc4ccccc4)cc3)c3c(N)ncnc32)C1. The number of nitrogens with two attached hydrogens (primary N) is 1. The fraction of sp³-hybridized carbons (Fsp3) is 0.192. The van der Waals surface area contributed by atoms with Crippen molar-refractivity contribution in [1.29, 1.82) is 0 Å². The molecule has 1 saturated heterocycles. The van der Waals surface area contributed by atoms with Gasteiger partial charge >= 0.3 is 11.7 Å². The van der Waals surface area contributed by atoms with Crippen molar-refractivity contribution in [2.75, 3.05) is 25.4 Å². The van der Waals surface area contributed by atoms with E-state index in [4.69, 9.17) is 15.2 Å². The standard InChI is InChI=1S/C26H24N6O5/c1-2-36-22(34)13-12-21(33)30-14-18(15-30)32-25-23(24(27)28-16-29-25)31(26(32)35)17-8-10-20(11-9-17)37-19-6-4-3-5-7-19/h3-13,16,18H,2,14-15H2,1H3,(H2,27,28,29). The quantitative estimate of drug-likeness (QED) is 0.302. The maximum Gasteiger partial charge on any atom is 0.335 e. The fourth-order valence-corrected chi connectivity index (χ4v) is 4.16. The molecule has 1 aliphatic rings. The zero-order chi connectivity index (χ0) is 25.9. The Bertz CT molecular complexity index is 1540. The highest BCUT2D eigenvalue weighted by Crippen LogP contribution is 2.28. The molecule has 2 aromatic heterocycles. The molecule has 2 N–H and O–H groups in total. The molecule has 0 radical (unpaired) electrons. The lowest BCUT2D eigenvalue weighted by Crippen LogP contribution is -2.52. The van der Waals surface area contributed by atoms with Gasteiger partial charge in [-0.05, 0) is 43.3 Å². The number of likely N-dealkylation sites (tertiary alicyclic amines) is 1. The lowest BCUT2D eigenvalue weighted by molar-refractivity contribution is -0.138. The Hall–Kier alpha value is -4.93. The molecular weight excluding hydrogens is 476 g/mol. The number of fused-ring (bicyclic) bond motifs is 1. The number of aromatic nitrogens is 4. The van der Waals surface area contributed by atoms with Gasteiger partial charge in [0, 0.05) is 25.2 Å². The van der Waals surface area contributed by atoms with Crippen molar-refractivity contribution < 1.29 is 19.1 Å². The highest BCUT2D eigenvalue weighted by molar-refractivity contribution is 5.95. The van der Waals surface area contributed by atoms with Crippen LogP contribution in [0, 0.1) is 0 Å². The van der Waals surface area contributed by atoms with Crippen LogP contribution in [0.3, 0.4) is 0 Å². The number of imidazole rings is 1. The minimum atomic E-state index is -0.584. The molecule has 1 fully saturated rings. The highest BCUT2D eigenvalue weighted by Gasteiger charge is 2.35. The number of carbonyl (C=O) groups is 2. The molecule has 2 aromatic carbocycles. The molecule has 0 saturated carbocycles. The zero-order valence-corrected chi connectivity index (χ0v) is 20.0. The Kier molecular flexibility index (Phi) is 6.42. The van der Waals surface area contributed by atoms with Crippen LogP contribution in [0.1, 0.15) is 13.0 Å². The summed E-state index contributed by atoms with van der Waals surface area (Å²) in [7, 11) is 0. The van der Waals surface area contributed by atoms with E-state index in [1.54, 1.807) is 31.2 Å². The predicted molar refractivity (Wildman–Crippen MR) is 135 cm³/mol. The van der Waals surface area contributed by atoms with Crippen LogP contribution >= 0.6 is 0 Å². The number of anilines is 1. The molecule has 37 heavy (non-hydrogen) atoms. The Labute approximate surface area is 211 Å². The molecule has 11 heteroatoms. The van der Waals surface area contributed by atoms with E-state index in [2.05, 4.69) is 9.97 Å². The van der Waals surface area contributed by atoms with Crippen LogP contribution in [-0.4, -0.2) is 55.6 Å². The van der Waals surface area contributed by atoms with Crippen molar-refractivity contribution in [2.24, 2.45) is 0 Å². The second kappa shape index (κ2) is 9.97. The van der Waals surface area contributed by atoms with Crippen LogP contribution in [-0.2, 0) is 14.3 Å². The molecule has 0 bridgehead atoms. The molecule has 0 atom stereocenters. The van der Waals surface area contributed by atoms with Gasteiger partial charge in [-0.3, -0.25) is 13.9 Å². The molecule has 188 valence electrons. The van der Waals surface area contributed by atoms with E-state index in [-0.39, 0.29) is 43.2 Å². The summed E-state index contributed by atoms with van der Waals surface area (Å²) in [6.45, 7) is 2.46. The second-order valence-electron chi connectivity index (χ2n) is 8.31. The Morgan fingerprint density at radius 3 is 2.43 bits per heavy atom. The highest BCUT2D eigenvalue weighted by atomic mass is 16.5. The van der Waals surface area contributed by atoms with Gasteiger partial charge in [0.25, 0.3) is 0 Å². The molecule has 1 aliphatic heterocycles. The second-order valence-corrected chi connectivity index (χ2v) is 8.31. The summed E-state index contributed by atoms with van der Waals surface area (Å²) in [6, 6.07) is 16.1. The van der Waals surface area contributed by atoms with Crippen molar-refractivity contribution in [2.45, 2.75) is 13.0 Å². The van der Waals surface area contributed by atoms with Gasteiger partial charge in [-0.2, -0.15) is 0 Å². The van der Waals surface area contributed by atoms with Crippen LogP contribution in [0.15, 0.2) is 77.9 Å². The summed E-state index contributed by atoms with van der Waals surface area (Å²) >= 11 is 0. The normalized spacial score (nSPS) is 13.6. The van der Waals surface area contributed by atoms with Crippen molar-refractivity contribution >= 4 is 28.9 Å². The fourth-order valence-electron chi connectivity index (χ4n) is 4.16. The first kappa shape index (κ1) is 23.8. The van der Waals surface area contributed by atoms with Gasteiger partial charge in [0.05, 0.1) is 18.3 Å². The van der Waals surface area contributed by atoms with Gasteiger partial charge in [0.15, 0.2) is 11.5 Å². The Morgan fingerprint density at radius 1 is 1.03 bits per heavy atom. The summed E-state index contributed by atoms with van der Waals surface area (Å²) in [6.07, 6.45) is 3.56. The number of nitrogen functional groups attached to an aromatic ring is 1. The van der Waals surface area contributed by atoms with Crippen LogP contribution in [0.5, 0.6) is 11.5 Å². The third-order valence-electron chi connectivity index (χ3n) is 5.94. The van der Waals surface area contributed by atoms with Crippen molar-refractivity contribution in [3.63, 3.8) is 0 Å². The maximum absolute atomic E-state index is 13.6. The number of ether oxygens (including phenoxy) is 2. The zero-order valence-electron chi connectivity index (χ0n) is 20.0. The van der Waals surface area contributed by atoms with Gasteiger partial charge in [-0.1, -0.05) is 18.2 Å². The monoisotopic (exact) mass is 500 g/mol. The Balaban J connectivity index is 1.41. The van der Waals surface area contributed by atoms with Gasteiger partial charge in [0.2, 0.25) is 5.91 Å². The maximum atomic E-state index is 13.6. The minimum absolute atomic E-state index is 0.162. The molecule has 3 heterocycles. The van der Waals surface area contributed by atoms with E-state index in [0.717, 1.165) is 6.08 Å². The van der Waals surface area contributed by atoms with E-state index >= 15 is 0 Å². The lowest BCUT2D eigenvalue weighted by Gasteiger charge is -2.38. The number of para-hydroxylation sites is 1. The van der Waals surface area contributed by atoms with E-state index < -0.39 is 5.97 Å². The molecule has 4 aromatic rings. The van der Waals surface area contributed by atoms with Gasteiger partial charge < -0.3 is 20.1 Å². The van der Waals surface area contributed by atoms with Crippen LogP contribution in [0.4, 0.5) is 5.82 Å². The van der Waals surface area contributed by atoms with Gasteiger partial charge in [-0.15, -0.1) is 0 Å². The first-order valence-corrected chi connectivity index (χ1v) is 11.7. The van der Waals surface area contributed by atoms with Crippen LogP contribution in [0.25, 0.3) is 16.9 Å².